The van der Waals surface area contributed by atoms with Crippen molar-refractivity contribution in [3.8, 4) is 28.1 Å². The minimum Gasteiger partial charge on any atom is -0.476 e. The second-order valence-corrected chi connectivity index (χ2v) is 9.19. The van der Waals surface area contributed by atoms with Gasteiger partial charge in [0.1, 0.15) is 17.6 Å². The van der Waals surface area contributed by atoms with Crippen molar-refractivity contribution in [3.63, 3.8) is 0 Å². The number of fused-ring (bicyclic) bond motifs is 2. The number of hydrogen-bond acceptors (Lipinski definition) is 6. The standard InChI is InChI=1S/C25H24N6O2S/c1-30(2)11-12-33-24-10-7-17(13-27-24)18-14-28-25-22(15-29-31(25)16-18)20-8-9-23(34(26)32)21-6-4-3-5-19(20)21/h3-10,13-16H,11-12,26H2,1-2H3. The van der Waals surface area contributed by atoms with E-state index >= 15 is 0 Å². The second-order valence-electron chi connectivity index (χ2n) is 8.16. The van der Waals surface area contributed by atoms with Crippen molar-refractivity contribution in [2.75, 3.05) is 27.2 Å². The van der Waals surface area contributed by atoms with Gasteiger partial charge in [0.15, 0.2) is 5.65 Å². The average molecular weight is 473 g/mol. The minimum absolute atomic E-state index is 0.583. The Kier molecular flexibility index (Phi) is 6.06. The highest BCUT2D eigenvalue weighted by molar-refractivity contribution is 7.83. The van der Waals surface area contributed by atoms with Crippen LogP contribution in [0.2, 0.25) is 0 Å². The van der Waals surface area contributed by atoms with Gasteiger partial charge in [-0.15, -0.1) is 0 Å². The molecular weight excluding hydrogens is 448 g/mol. The molecule has 0 saturated carbocycles. The lowest BCUT2D eigenvalue weighted by molar-refractivity contribution is 0.254. The maximum atomic E-state index is 12.0. The third-order valence-electron chi connectivity index (χ3n) is 5.61. The lowest BCUT2D eigenvalue weighted by Crippen LogP contribution is -2.19. The molecule has 1 atom stereocenters. The van der Waals surface area contributed by atoms with Crippen LogP contribution in [0.5, 0.6) is 5.88 Å². The topological polar surface area (TPSA) is 98.6 Å². The number of rotatable bonds is 7. The molecule has 0 fully saturated rings. The Morgan fingerprint density at radius 1 is 0.941 bits per heavy atom. The molecule has 3 heterocycles. The van der Waals surface area contributed by atoms with Crippen LogP contribution in [-0.4, -0.2) is 55.9 Å². The van der Waals surface area contributed by atoms with Gasteiger partial charge in [0.2, 0.25) is 5.88 Å². The van der Waals surface area contributed by atoms with Crippen LogP contribution in [0.3, 0.4) is 0 Å². The summed E-state index contributed by atoms with van der Waals surface area (Å²) in [6, 6.07) is 15.3. The molecule has 5 aromatic rings. The molecule has 0 radical (unpaired) electrons. The van der Waals surface area contributed by atoms with Gasteiger partial charge in [-0.3, -0.25) is 0 Å². The van der Waals surface area contributed by atoms with E-state index in [0.29, 0.717) is 17.4 Å². The first-order valence-electron chi connectivity index (χ1n) is 10.8. The molecule has 0 spiro atoms. The molecule has 0 aliphatic heterocycles. The minimum atomic E-state index is -1.57. The van der Waals surface area contributed by atoms with E-state index in [-0.39, 0.29) is 0 Å². The van der Waals surface area contributed by atoms with Gasteiger partial charge in [-0.1, -0.05) is 30.3 Å². The maximum absolute atomic E-state index is 12.0. The van der Waals surface area contributed by atoms with Crippen LogP contribution in [0.15, 0.2) is 78.2 Å². The number of benzene rings is 2. The monoisotopic (exact) mass is 472 g/mol. The Labute approximate surface area is 199 Å². The average Bonchev–Trinajstić information content (AvgIpc) is 3.26. The van der Waals surface area contributed by atoms with E-state index in [2.05, 4.69) is 15.0 Å². The molecule has 3 aromatic heterocycles. The molecule has 0 aliphatic rings. The van der Waals surface area contributed by atoms with Gasteiger partial charge in [0, 0.05) is 47.9 Å². The van der Waals surface area contributed by atoms with Gasteiger partial charge < -0.3 is 9.64 Å². The fourth-order valence-corrected chi connectivity index (χ4v) is 4.46. The predicted octanol–water partition coefficient (Wildman–Crippen LogP) is 3.53. The zero-order valence-electron chi connectivity index (χ0n) is 18.9. The molecule has 0 saturated heterocycles. The molecule has 5 rings (SSSR count). The third kappa shape index (κ3) is 4.28. The van der Waals surface area contributed by atoms with Gasteiger partial charge >= 0.3 is 0 Å². The van der Waals surface area contributed by atoms with E-state index in [4.69, 9.17) is 14.9 Å². The lowest BCUT2D eigenvalue weighted by Gasteiger charge is -2.10. The lowest BCUT2D eigenvalue weighted by atomic mass is 10.00. The van der Waals surface area contributed by atoms with Crippen molar-refractivity contribution in [3.05, 3.63) is 73.3 Å². The highest BCUT2D eigenvalue weighted by atomic mass is 32.2. The number of nitrogens with zero attached hydrogens (tertiary/aromatic N) is 5. The van der Waals surface area contributed by atoms with E-state index in [9.17, 15) is 4.21 Å². The molecular formula is C25H24N6O2S. The van der Waals surface area contributed by atoms with E-state index < -0.39 is 11.0 Å². The summed E-state index contributed by atoms with van der Waals surface area (Å²) in [6.07, 6.45) is 7.32. The van der Waals surface area contributed by atoms with Gasteiger partial charge in [-0.25, -0.2) is 23.8 Å². The Hall–Kier alpha value is -3.66. The Bertz CT molecular complexity index is 1500. The van der Waals surface area contributed by atoms with Crippen LogP contribution in [0, 0.1) is 0 Å². The number of aromatic nitrogens is 4. The summed E-state index contributed by atoms with van der Waals surface area (Å²) >= 11 is 0. The third-order valence-corrected chi connectivity index (χ3v) is 6.40. The van der Waals surface area contributed by atoms with Crippen LogP contribution < -0.4 is 9.88 Å². The van der Waals surface area contributed by atoms with Crippen molar-refractivity contribution < 1.29 is 8.95 Å². The number of pyridine rings is 1. The molecule has 2 N–H and O–H groups in total. The molecule has 0 amide bonds. The van der Waals surface area contributed by atoms with Crippen LogP contribution >= 0.6 is 0 Å². The van der Waals surface area contributed by atoms with Gasteiger partial charge in [-0.2, -0.15) is 5.10 Å². The number of hydrogen-bond donors (Lipinski definition) is 1. The highest BCUT2D eigenvalue weighted by Crippen LogP contribution is 2.34. The summed E-state index contributed by atoms with van der Waals surface area (Å²) in [5.74, 6) is 0.592. The number of nitrogens with two attached hydrogens (primary N) is 1. The smallest absolute Gasteiger partial charge is 0.213 e. The van der Waals surface area contributed by atoms with Crippen molar-refractivity contribution in [1.82, 2.24) is 24.5 Å². The Balaban J connectivity index is 1.47. The second kappa shape index (κ2) is 9.30. The molecule has 2 aromatic carbocycles. The summed E-state index contributed by atoms with van der Waals surface area (Å²) in [6.45, 7) is 1.41. The SMILES string of the molecule is CN(C)CCOc1ccc(-c2cnc3c(-c4ccc(S(N)=O)c5ccccc45)cnn3c2)cn1. The molecule has 172 valence electrons. The largest absolute Gasteiger partial charge is 0.476 e. The quantitative estimate of drug-likeness (QED) is 0.389. The number of likely N-dealkylation sites (N-methyl/N-ethyl adjacent to an activating group) is 1. The fourth-order valence-electron chi connectivity index (χ4n) is 3.86. The Morgan fingerprint density at radius 2 is 1.74 bits per heavy atom. The van der Waals surface area contributed by atoms with E-state index in [1.54, 1.807) is 23.0 Å². The predicted molar refractivity (Wildman–Crippen MR) is 134 cm³/mol. The maximum Gasteiger partial charge on any atom is 0.213 e. The van der Waals surface area contributed by atoms with Crippen molar-refractivity contribution in [2.24, 2.45) is 5.14 Å². The summed E-state index contributed by atoms with van der Waals surface area (Å²) in [5.41, 5.74) is 4.40. The number of ether oxygens (including phenoxy) is 1. The first-order valence-corrected chi connectivity index (χ1v) is 12.0. The summed E-state index contributed by atoms with van der Waals surface area (Å²) in [7, 11) is 2.44. The van der Waals surface area contributed by atoms with Crippen molar-refractivity contribution in [2.45, 2.75) is 4.90 Å². The fraction of sp³-hybridized carbons (Fsp3) is 0.160. The van der Waals surface area contributed by atoms with Crippen LogP contribution in [0.1, 0.15) is 0 Å². The summed E-state index contributed by atoms with van der Waals surface area (Å²) in [5, 5.41) is 12.0. The molecule has 9 heteroatoms. The van der Waals surface area contributed by atoms with E-state index in [1.165, 1.54) is 0 Å². The Morgan fingerprint density at radius 3 is 2.47 bits per heavy atom. The van der Waals surface area contributed by atoms with Gasteiger partial charge in [0.05, 0.1) is 11.1 Å². The molecule has 1 unspecified atom stereocenters. The first-order chi connectivity index (χ1) is 16.5. The van der Waals surface area contributed by atoms with Gasteiger partial charge in [0.25, 0.3) is 0 Å². The normalized spacial score (nSPS) is 12.5. The molecule has 0 aliphatic carbocycles. The van der Waals surface area contributed by atoms with Gasteiger partial charge in [-0.05, 0) is 42.6 Å². The van der Waals surface area contributed by atoms with Crippen LogP contribution in [0.25, 0.3) is 38.7 Å². The summed E-state index contributed by atoms with van der Waals surface area (Å²) < 4.78 is 19.4. The van der Waals surface area contributed by atoms with E-state index in [1.807, 2.05) is 69.0 Å². The molecule has 0 bridgehead atoms. The van der Waals surface area contributed by atoms with Crippen LogP contribution in [0.4, 0.5) is 0 Å². The van der Waals surface area contributed by atoms with Crippen molar-refractivity contribution in [1.29, 1.82) is 0 Å². The zero-order chi connectivity index (χ0) is 23.7. The highest BCUT2D eigenvalue weighted by Gasteiger charge is 2.15. The zero-order valence-corrected chi connectivity index (χ0v) is 19.7. The summed E-state index contributed by atoms with van der Waals surface area (Å²) in [4.78, 5) is 11.8. The van der Waals surface area contributed by atoms with Crippen molar-refractivity contribution >= 4 is 27.4 Å². The van der Waals surface area contributed by atoms with Crippen LogP contribution in [-0.2, 0) is 11.0 Å². The van der Waals surface area contributed by atoms with E-state index in [0.717, 1.165) is 45.2 Å². The molecule has 34 heavy (non-hydrogen) atoms. The molecule has 8 nitrogen and oxygen atoms in total. The first kappa shape index (κ1) is 22.1.